The molecule has 0 aliphatic carbocycles. The Bertz CT molecular complexity index is 152. The van der Waals surface area contributed by atoms with Crippen molar-refractivity contribution >= 4 is 8.07 Å². The van der Waals surface area contributed by atoms with Crippen molar-refractivity contribution < 1.29 is 5.11 Å². The predicted octanol–water partition coefficient (Wildman–Crippen LogP) is 2.38. The van der Waals surface area contributed by atoms with Crippen LogP contribution in [-0.2, 0) is 0 Å². The maximum atomic E-state index is 9.26. The fourth-order valence-electron chi connectivity index (χ4n) is 1.64. The Morgan fingerprint density at radius 3 is 1.92 bits per heavy atom. The Morgan fingerprint density at radius 2 is 1.67 bits per heavy atom. The Hall–Kier alpha value is -0.333. The Morgan fingerprint density at radius 1 is 1.25 bits per heavy atom. The van der Waals surface area contributed by atoms with E-state index in [1.54, 1.807) is 0 Å². The van der Waals surface area contributed by atoms with Crippen LogP contribution in [0.3, 0.4) is 0 Å². The van der Waals surface area contributed by atoms with Crippen molar-refractivity contribution in [2.45, 2.75) is 51.1 Å². The average Bonchev–Trinajstić information content (AvgIpc) is 2.14. The van der Waals surface area contributed by atoms with E-state index in [-0.39, 0.29) is 0 Å². The molecule has 70 valence electrons. The van der Waals surface area contributed by atoms with Gasteiger partial charge >= 0.3 is 0 Å². The standard InChI is InChI=1S/C9H19NOSi/c1-4-12(5-2,6-3)8-9(11)7-10/h9,11H,4-6,8H2,1-3H3. The van der Waals surface area contributed by atoms with Crippen LogP contribution in [0, 0.1) is 11.3 Å². The molecule has 0 saturated carbocycles. The summed E-state index contributed by atoms with van der Waals surface area (Å²) < 4.78 is 0. The van der Waals surface area contributed by atoms with Crippen molar-refractivity contribution in [1.29, 1.82) is 5.26 Å². The van der Waals surface area contributed by atoms with Gasteiger partial charge in [-0.2, -0.15) is 5.26 Å². The number of aliphatic hydroxyl groups is 1. The molecule has 2 nitrogen and oxygen atoms in total. The van der Waals surface area contributed by atoms with Crippen LogP contribution in [0.15, 0.2) is 0 Å². The molecule has 0 rings (SSSR count). The smallest absolute Gasteiger partial charge is 0.138 e. The van der Waals surface area contributed by atoms with Gasteiger partial charge < -0.3 is 5.11 Å². The van der Waals surface area contributed by atoms with Gasteiger partial charge in [0.25, 0.3) is 0 Å². The summed E-state index contributed by atoms with van der Waals surface area (Å²) in [6.45, 7) is 6.55. The topological polar surface area (TPSA) is 44.0 Å². The van der Waals surface area contributed by atoms with Crippen LogP contribution < -0.4 is 0 Å². The second-order valence-corrected chi connectivity index (χ2v) is 8.94. The monoisotopic (exact) mass is 185 g/mol. The van der Waals surface area contributed by atoms with Gasteiger partial charge in [-0.25, -0.2) is 0 Å². The third-order valence-corrected chi connectivity index (χ3v) is 8.78. The van der Waals surface area contributed by atoms with Gasteiger partial charge in [-0.1, -0.05) is 38.9 Å². The SMILES string of the molecule is CC[Si](CC)(CC)CC(O)C#N. The zero-order valence-corrected chi connectivity index (χ0v) is 9.30. The summed E-state index contributed by atoms with van der Waals surface area (Å²) in [5.74, 6) is 0. The second kappa shape index (κ2) is 5.34. The van der Waals surface area contributed by atoms with Crippen LogP contribution in [0.1, 0.15) is 20.8 Å². The van der Waals surface area contributed by atoms with E-state index in [9.17, 15) is 5.11 Å². The summed E-state index contributed by atoms with van der Waals surface area (Å²) in [7, 11) is -1.27. The van der Waals surface area contributed by atoms with E-state index in [2.05, 4.69) is 20.8 Å². The summed E-state index contributed by atoms with van der Waals surface area (Å²) >= 11 is 0. The fraction of sp³-hybridized carbons (Fsp3) is 0.889. The highest BCUT2D eigenvalue weighted by molar-refractivity contribution is 6.79. The minimum Gasteiger partial charge on any atom is -0.378 e. The molecule has 0 aliphatic heterocycles. The van der Waals surface area contributed by atoms with Crippen molar-refractivity contribution in [2.75, 3.05) is 0 Å². The molecule has 1 N–H and O–H groups in total. The highest BCUT2D eigenvalue weighted by Gasteiger charge is 2.29. The Labute approximate surface area is 76.2 Å². The lowest BCUT2D eigenvalue weighted by Gasteiger charge is -2.28. The lowest BCUT2D eigenvalue weighted by molar-refractivity contribution is 0.248. The van der Waals surface area contributed by atoms with E-state index >= 15 is 0 Å². The summed E-state index contributed by atoms with van der Waals surface area (Å²) in [5, 5.41) is 17.8. The van der Waals surface area contributed by atoms with E-state index < -0.39 is 14.2 Å². The molecule has 0 spiro atoms. The van der Waals surface area contributed by atoms with E-state index in [0.29, 0.717) is 0 Å². The average molecular weight is 185 g/mol. The minimum absolute atomic E-state index is 0.725. The van der Waals surface area contributed by atoms with Crippen molar-refractivity contribution in [3.05, 3.63) is 0 Å². The van der Waals surface area contributed by atoms with Gasteiger partial charge in [0.05, 0.1) is 14.1 Å². The first-order valence-corrected chi connectivity index (χ1v) is 7.54. The van der Waals surface area contributed by atoms with Crippen molar-refractivity contribution in [3.63, 3.8) is 0 Å². The van der Waals surface area contributed by atoms with Gasteiger partial charge in [-0.05, 0) is 6.04 Å². The first-order chi connectivity index (χ1) is 5.64. The molecule has 0 aromatic rings. The van der Waals surface area contributed by atoms with Crippen LogP contribution in [-0.4, -0.2) is 19.3 Å². The summed E-state index contributed by atoms with van der Waals surface area (Å²) in [6, 6.07) is 6.21. The van der Waals surface area contributed by atoms with E-state index in [0.717, 1.165) is 6.04 Å². The molecule has 0 aromatic carbocycles. The molecule has 0 amide bonds. The Balaban J connectivity index is 4.22. The van der Waals surface area contributed by atoms with E-state index in [4.69, 9.17) is 5.26 Å². The zero-order chi connectivity index (χ0) is 9.61. The molecule has 3 heteroatoms. The summed E-state index contributed by atoms with van der Waals surface area (Å²) in [6.07, 6.45) is -0.725. The normalized spacial score (nSPS) is 13.9. The largest absolute Gasteiger partial charge is 0.378 e. The van der Waals surface area contributed by atoms with Gasteiger partial charge in [-0.15, -0.1) is 0 Å². The summed E-state index contributed by atoms with van der Waals surface area (Å²) in [5.41, 5.74) is 0. The lowest BCUT2D eigenvalue weighted by Crippen LogP contribution is -2.35. The molecule has 0 heterocycles. The van der Waals surface area contributed by atoms with E-state index in [1.165, 1.54) is 18.1 Å². The van der Waals surface area contributed by atoms with Crippen LogP contribution >= 0.6 is 0 Å². The molecule has 12 heavy (non-hydrogen) atoms. The van der Waals surface area contributed by atoms with Crippen LogP contribution in [0.4, 0.5) is 0 Å². The van der Waals surface area contributed by atoms with Gasteiger partial charge in [-0.3, -0.25) is 0 Å². The molecule has 0 aliphatic rings. The molecule has 0 radical (unpaired) electrons. The molecule has 0 fully saturated rings. The number of hydrogen-bond acceptors (Lipinski definition) is 2. The van der Waals surface area contributed by atoms with Crippen molar-refractivity contribution in [1.82, 2.24) is 0 Å². The van der Waals surface area contributed by atoms with Gasteiger partial charge in [0, 0.05) is 0 Å². The molecule has 1 unspecified atom stereocenters. The maximum absolute atomic E-state index is 9.26. The fourth-order valence-corrected chi connectivity index (χ4v) is 4.92. The maximum Gasteiger partial charge on any atom is 0.138 e. The number of aliphatic hydroxyl groups excluding tert-OH is 1. The number of hydrogen-bond donors (Lipinski definition) is 1. The van der Waals surface area contributed by atoms with Crippen LogP contribution in [0.5, 0.6) is 0 Å². The van der Waals surface area contributed by atoms with Crippen molar-refractivity contribution in [2.24, 2.45) is 0 Å². The molecular weight excluding hydrogens is 166 g/mol. The molecular formula is C9H19NOSi. The first kappa shape index (κ1) is 11.7. The van der Waals surface area contributed by atoms with Crippen LogP contribution in [0.25, 0.3) is 0 Å². The molecule has 0 saturated heterocycles. The van der Waals surface area contributed by atoms with Gasteiger partial charge in [0.15, 0.2) is 0 Å². The third-order valence-electron chi connectivity index (χ3n) is 3.03. The molecule has 0 bridgehead atoms. The first-order valence-electron chi connectivity index (χ1n) is 4.71. The molecule has 0 aromatic heterocycles. The Kier molecular flexibility index (Phi) is 5.19. The number of nitrogens with zero attached hydrogens (tertiary/aromatic N) is 1. The zero-order valence-electron chi connectivity index (χ0n) is 8.30. The third kappa shape index (κ3) is 2.96. The number of rotatable bonds is 5. The second-order valence-electron chi connectivity index (χ2n) is 3.41. The van der Waals surface area contributed by atoms with Gasteiger partial charge in [0.1, 0.15) is 6.10 Å². The highest BCUT2D eigenvalue weighted by atomic mass is 28.3. The quantitative estimate of drug-likeness (QED) is 0.528. The van der Waals surface area contributed by atoms with E-state index in [1.807, 2.05) is 6.07 Å². The van der Waals surface area contributed by atoms with Crippen molar-refractivity contribution in [3.8, 4) is 6.07 Å². The highest BCUT2D eigenvalue weighted by Crippen LogP contribution is 2.26. The van der Waals surface area contributed by atoms with Gasteiger partial charge in [0.2, 0.25) is 0 Å². The molecule has 1 atom stereocenters. The van der Waals surface area contributed by atoms with Crippen LogP contribution in [0.2, 0.25) is 24.2 Å². The predicted molar refractivity (Wildman–Crippen MR) is 53.6 cm³/mol. The number of nitriles is 1. The lowest BCUT2D eigenvalue weighted by atomic mass is 10.5. The minimum atomic E-state index is -1.27. The summed E-state index contributed by atoms with van der Waals surface area (Å²) in [4.78, 5) is 0.